The Bertz CT molecular complexity index is 678. The van der Waals surface area contributed by atoms with E-state index in [2.05, 4.69) is 15.6 Å². The lowest BCUT2D eigenvalue weighted by atomic mass is 9.93. The van der Waals surface area contributed by atoms with Crippen molar-refractivity contribution in [2.45, 2.75) is 37.8 Å². The number of pyridine rings is 1. The first-order chi connectivity index (χ1) is 11.7. The highest BCUT2D eigenvalue weighted by Crippen LogP contribution is 2.28. The maximum absolute atomic E-state index is 12.2. The number of para-hydroxylation sites is 2. The minimum atomic E-state index is -0.480. The molecule has 1 aliphatic rings. The van der Waals surface area contributed by atoms with Crippen molar-refractivity contribution in [3.63, 3.8) is 0 Å². The largest absolute Gasteiger partial charge is 0.454 e. The second-order valence-corrected chi connectivity index (χ2v) is 5.84. The van der Waals surface area contributed by atoms with Crippen LogP contribution in [0.5, 0.6) is 11.5 Å². The van der Waals surface area contributed by atoms with E-state index >= 15 is 0 Å². The van der Waals surface area contributed by atoms with Gasteiger partial charge in [-0.25, -0.2) is 4.79 Å². The zero-order chi connectivity index (χ0) is 16.8. The van der Waals surface area contributed by atoms with Gasteiger partial charge in [0, 0.05) is 6.20 Å². The molecular formula is C18H21N3O3. The summed E-state index contributed by atoms with van der Waals surface area (Å²) in [5, 5.41) is 15.6. The van der Waals surface area contributed by atoms with Gasteiger partial charge in [0.2, 0.25) is 0 Å². The summed E-state index contributed by atoms with van der Waals surface area (Å²) in [6.07, 6.45) is 6.33. The van der Waals surface area contributed by atoms with Gasteiger partial charge in [-0.2, -0.15) is 0 Å². The van der Waals surface area contributed by atoms with Crippen molar-refractivity contribution in [1.82, 2.24) is 10.3 Å². The predicted molar refractivity (Wildman–Crippen MR) is 91.2 cm³/mol. The van der Waals surface area contributed by atoms with E-state index in [9.17, 15) is 9.90 Å². The van der Waals surface area contributed by atoms with E-state index in [1.807, 2.05) is 12.1 Å². The molecule has 1 aromatic heterocycles. The number of urea groups is 1. The predicted octanol–water partition coefficient (Wildman–Crippen LogP) is 3.30. The number of aliphatic hydroxyl groups excluding tert-OH is 1. The van der Waals surface area contributed by atoms with Crippen LogP contribution in [0.25, 0.3) is 0 Å². The third kappa shape index (κ3) is 4.23. The SMILES string of the molecule is O=C(Nc1ccccc1Oc1cccnc1)N[C@H]1CCCC[C@@H]1O. The molecule has 2 atom stereocenters. The van der Waals surface area contributed by atoms with Gasteiger partial charge < -0.3 is 20.5 Å². The average Bonchev–Trinajstić information content (AvgIpc) is 2.60. The van der Waals surface area contributed by atoms with Gasteiger partial charge in [-0.1, -0.05) is 25.0 Å². The first-order valence-corrected chi connectivity index (χ1v) is 8.15. The van der Waals surface area contributed by atoms with Gasteiger partial charge >= 0.3 is 6.03 Å². The summed E-state index contributed by atoms with van der Waals surface area (Å²) >= 11 is 0. The Balaban J connectivity index is 1.65. The lowest BCUT2D eigenvalue weighted by Crippen LogP contribution is -2.46. The maximum Gasteiger partial charge on any atom is 0.319 e. The second kappa shape index (κ2) is 7.79. The standard InChI is InChI=1S/C18H21N3O3/c22-16-9-3-1-7-14(16)20-18(23)21-15-8-2-4-10-17(15)24-13-6-5-11-19-12-13/h2,4-6,8,10-12,14,16,22H,1,3,7,9H2,(H2,20,21,23)/t14-,16-/m0/s1. The summed E-state index contributed by atoms with van der Waals surface area (Å²) in [5.41, 5.74) is 0.559. The molecule has 0 aliphatic heterocycles. The quantitative estimate of drug-likeness (QED) is 0.804. The number of benzene rings is 1. The minimum Gasteiger partial charge on any atom is -0.454 e. The van der Waals surface area contributed by atoms with Crippen molar-refractivity contribution in [2.24, 2.45) is 0 Å². The first kappa shape index (κ1) is 16.3. The highest BCUT2D eigenvalue weighted by molar-refractivity contribution is 5.91. The first-order valence-electron chi connectivity index (χ1n) is 8.15. The van der Waals surface area contributed by atoms with Crippen LogP contribution >= 0.6 is 0 Å². The number of aromatic nitrogens is 1. The Hall–Kier alpha value is -2.60. The summed E-state index contributed by atoms with van der Waals surface area (Å²) < 4.78 is 5.77. The molecule has 1 saturated carbocycles. The molecular weight excluding hydrogens is 306 g/mol. The number of nitrogens with zero attached hydrogens (tertiary/aromatic N) is 1. The number of hydrogen-bond donors (Lipinski definition) is 3. The maximum atomic E-state index is 12.2. The van der Waals surface area contributed by atoms with Crippen LogP contribution < -0.4 is 15.4 Å². The highest BCUT2D eigenvalue weighted by atomic mass is 16.5. The van der Waals surface area contributed by atoms with E-state index in [1.165, 1.54) is 0 Å². The van der Waals surface area contributed by atoms with Crippen LogP contribution in [0.1, 0.15) is 25.7 Å². The molecule has 0 bridgehead atoms. The Kier molecular flexibility index (Phi) is 5.28. The lowest BCUT2D eigenvalue weighted by Gasteiger charge is -2.28. The van der Waals surface area contributed by atoms with Gasteiger partial charge in [-0.3, -0.25) is 4.98 Å². The third-order valence-corrected chi connectivity index (χ3v) is 4.04. The van der Waals surface area contributed by atoms with Crippen molar-refractivity contribution in [1.29, 1.82) is 0 Å². The Labute approximate surface area is 140 Å². The normalized spacial score (nSPS) is 20.2. The lowest BCUT2D eigenvalue weighted by molar-refractivity contribution is 0.0955. The number of nitrogens with one attached hydrogen (secondary N) is 2. The van der Waals surface area contributed by atoms with Crippen LogP contribution in [0, 0.1) is 0 Å². The molecule has 1 heterocycles. The highest BCUT2D eigenvalue weighted by Gasteiger charge is 2.24. The van der Waals surface area contributed by atoms with Crippen LogP contribution in [-0.4, -0.2) is 28.3 Å². The average molecular weight is 327 g/mol. The number of amides is 2. The molecule has 0 radical (unpaired) electrons. The van der Waals surface area contributed by atoms with E-state index in [0.717, 1.165) is 25.7 Å². The van der Waals surface area contributed by atoms with Crippen LogP contribution in [0.15, 0.2) is 48.8 Å². The van der Waals surface area contributed by atoms with Gasteiger partial charge in [0.15, 0.2) is 5.75 Å². The Morgan fingerprint density at radius 2 is 2.00 bits per heavy atom. The van der Waals surface area contributed by atoms with Crippen molar-refractivity contribution in [3.05, 3.63) is 48.8 Å². The molecule has 126 valence electrons. The fourth-order valence-corrected chi connectivity index (χ4v) is 2.80. The van der Waals surface area contributed by atoms with E-state index in [1.54, 1.807) is 36.7 Å². The van der Waals surface area contributed by atoms with E-state index < -0.39 is 6.10 Å². The molecule has 2 aromatic rings. The van der Waals surface area contributed by atoms with E-state index in [4.69, 9.17) is 4.74 Å². The number of ether oxygens (including phenoxy) is 1. The third-order valence-electron chi connectivity index (χ3n) is 4.04. The summed E-state index contributed by atoms with van der Waals surface area (Å²) in [6.45, 7) is 0. The zero-order valence-electron chi connectivity index (χ0n) is 13.3. The van der Waals surface area contributed by atoms with Crippen molar-refractivity contribution in [3.8, 4) is 11.5 Å². The van der Waals surface area contributed by atoms with Gasteiger partial charge in [0.1, 0.15) is 5.75 Å². The zero-order valence-corrected chi connectivity index (χ0v) is 13.3. The van der Waals surface area contributed by atoms with E-state index in [-0.39, 0.29) is 12.1 Å². The number of aliphatic hydroxyl groups is 1. The molecule has 3 N–H and O–H groups in total. The molecule has 0 unspecified atom stereocenters. The number of carbonyl (C=O) groups excluding carboxylic acids is 1. The molecule has 6 heteroatoms. The number of hydrogen-bond acceptors (Lipinski definition) is 4. The van der Waals surface area contributed by atoms with Gasteiger partial charge in [-0.05, 0) is 37.1 Å². The minimum absolute atomic E-state index is 0.204. The smallest absolute Gasteiger partial charge is 0.319 e. The van der Waals surface area contributed by atoms with Crippen molar-refractivity contribution < 1.29 is 14.6 Å². The molecule has 1 fully saturated rings. The van der Waals surface area contributed by atoms with Gasteiger partial charge in [-0.15, -0.1) is 0 Å². The molecule has 3 rings (SSSR count). The number of rotatable bonds is 4. The van der Waals surface area contributed by atoms with Crippen molar-refractivity contribution >= 4 is 11.7 Å². The molecule has 6 nitrogen and oxygen atoms in total. The van der Waals surface area contributed by atoms with Gasteiger partial charge in [0.25, 0.3) is 0 Å². The molecule has 0 spiro atoms. The monoisotopic (exact) mass is 327 g/mol. The molecule has 0 saturated heterocycles. The summed E-state index contributed by atoms with van der Waals surface area (Å²) in [7, 11) is 0. The molecule has 1 aromatic carbocycles. The summed E-state index contributed by atoms with van der Waals surface area (Å²) in [6, 6.07) is 10.2. The molecule has 24 heavy (non-hydrogen) atoms. The topological polar surface area (TPSA) is 83.5 Å². The number of anilines is 1. The van der Waals surface area contributed by atoms with Crippen LogP contribution in [-0.2, 0) is 0 Å². The summed E-state index contributed by atoms with van der Waals surface area (Å²) in [5.74, 6) is 1.12. The second-order valence-electron chi connectivity index (χ2n) is 5.84. The van der Waals surface area contributed by atoms with Gasteiger partial charge in [0.05, 0.1) is 24.0 Å². The fourth-order valence-electron chi connectivity index (χ4n) is 2.80. The van der Waals surface area contributed by atoms with E-state index in [0.29, 0.717) is 17.2 Å². The fraction of sp³-hybridized carbons (Fsp3) is 0.333. The van der Waals surface area contributed by atoms with Crippen LogP contribution in [0.3, 0.4) is 0 Å². The van der Waals surface area contributed by atoms with Crippen LogP contribution in [0.2, 0.25) is 0 Å². The summed E-state index contributed by atoms with van der Waals surface area (Å²) in [4.78, 5) is 16.2. The Morgan fingerprint density at radius 1 is 1.17 bits per heavy atom. The van der Waals surface area contributed by atoms with Crippen LogP contribution in [0.4, 0.5) is 10.5 Å². The van der Waals surface area contributed by atoms with Crippen molar-refractivity contribution in [2.75, 3.05) is 5.32 Å². The number of carbonyl (C=O) groups is 1. The Morgan fingerprint density at radius 3 is 2.79 bits per heavy atom. The molecule has 1 aliphatic carbocycles. The molecule has 2 amide bonds.